The van der Waals surface area contributed by atoms with E-state index in [2.05, 4.69) is 27.7 Å². The van der Waals surface area contributed by atoms with E-state index in [4.69, 9.17) is 15.3 Å². The van der Waals surface area contributed by atoms with E-state index < -0.39 is 5.09 Å². The molecule has 0 aromatic rings. The van der Waals surface area contributed by atoms with Crippen LogP contribution in [0.15, 0.2) is 0 Å². The van der Waals surface area contributed by atoms with Crippen LogP contribution in [0.4, 0.5) is 0 Å². The maximum absolute atomic E-state index is 8.25. The van der Waals surface area contributed by atoms with Crippen LogP contribution in [0.5, 0.6) is 0 Å². The SMILES string of the molecule is CCCCCCCCCCCCCCCCCCC[N+](CC)(CC)CCCCCCCCCCCCCCCCCCC.O=[N+]([O-])[O-]. The number of quaternary nitrogens is 1. The average Bonchev–Trinajstić information content (AvgIpc) is 3.06. The zero-order valence-corrected chi connectivity index (χ0v) is 33.0. The van der Waals surface area contributed by atoms with Crippen LogP contribution in [-0.4, -0.2) is 35.7 Å². The lowest BCUT2D eigenvalue weighted by atomic mass is 10.0. The number of nitrogens with zero attached hydrogens (tertiary/aromatic N) is 2. The molecule has 0 aromatic carbocycles. The van der Waals surface area contributed by atoms with Gasteiger partial charge in [0.05, 0.1) is 31.3 Å². The Morgan fingerprint density at radius 2 is 0.468 bits per heavy atom. The summed E-state index contributed by atoms with van der Waals surface area (Å²) in [6.07, 6.45) is 50.0. The third-order valence-electron chi connectivity index (χ3n) is 10.8. The zero-order chi connectivity index (χ0) is 34.9. The molecule has 0 amide bonds. The third-order valence-corrected chi connectivity index (χ3v) is 10.8. The largest absolute Gasteiger partial charge is 0.356 e. The van der Waals surface area contributed by atoms with Crippen molar-refractivity contribution in [3.05, 3.63) is 15.3 Å². The molecular weight excluding hydrogens is 580 g/mol. The minimum atomic E-state index is -1.75. The molecule has 0 aliphatic carbocycles. The van der Waals surface area contributed by atoms with Crippen molar-refractivity contribution in [1.29, 1.82) is 0 Å². The summed E-state index contributed by atoms with van der Waals surface area (Å²) in [5, 5.41) is 14.8. The lowest BCUT2D eigenvalue weighted by Gasteiger charge is -2.37. The highest BCUT2D eigenvalue weighted by Gasteiger charge is 2.21. The minimum absolute atomic E-state index is 1.34. The van der Waals surface area contributed by atoms with Gasteiger partial charge >= 0.3 is 0 Å². The van der Waals surface area contributed by atoms with Gasteiger partial charge in [0.1, 0.15) is 0 Å². The predicted octanol–water partition coefficient (Wildman–Crippen LogP) is 14.9. The fraction of sp³-hybridized carbons (Fsp3) is 1.00. The molecule has 5 heteroatoms. The highest BCUT2D eigenvalue weighted by Crippen LogP contribution is 2.18. The lowest BCUT2D eigenvalue weighted by Crippen LogP contribution is -2.49. The Morgan fingerprint density at radius 1 is 0.319 bits per heavy atom. The Balaban J connectivity index is 0. The molecule has 0 aliphatic heterocycles. The van der Waals surface area contributed by atoms with Crippen molar-refractivity contribution in [3.63, 3.8) is 0 Å². The maximum atomic E-state index is 8.25. The van der Waals surface area contributed by atoms with Crippen LogP contribution >= 0.6 is 0 Å². The minimum Gasteiger partial charge on any atom is -0.356 e. The fourth-order valence-electron chi connectivity index (χ4n) is 7.31. The van der Waals surface area contributed by atoms with Crippen LogP contribution in [0.1, 0.15) is 246 Å². The van der Waals surface area contributed by atoms with E-state index in [1.54, 1.807) is 0 Å². The van der Waals surface area contributed by atoms with Gasteiger partial charge in [-0.2, -0.15) is 0 Å². The first kappa shape index (κ1) is 48.3. The quantitative estimate of drug-likeness (QED) is 0.0284. The maximum Gasteiger partial charge on any atom is 0.0786 e. The van der Waals surface area contributed by atoms with Gasteiger partial charge in [-0.05, 0) is 39.5 Å². The normalized spacial score (nSPS) is 11.5. The molecule has 0 saturated carbocycles. The van der Waals surface area contributed by atoms with Gasteiger partial charge in [0.2, 0.25) is 0 Å². The number of hydrogen-bond donors (Lipinski definition) is 0. The Labute approximate surface area is 296 Å². The van der Waals surface area contributed by atoms with E-state index in [0.29, 0.717) is 0 Å². The highest BCUT2D eigenvalue weighted by atomic mass is 16.9. The summed E-state index contributed by atoms with van der Waals surface area (Å²) in [5.41, 5.74) is 0. The van der Waals surface area contributed by atoms with Crippen molar-refractivity contribution in [1.82, 2.24) is 0 Å². The summed E-state index contributed by atoms with van der Waals surface area (Å²) >= 11 is 0. The van der Waals surface area contributed by atoms with Crippen molar-refractivity contribution < 1.29 is 9.57 Å². The summed E-state index contributed by atoms with van der Waals surface area (Å²) in [4.78, 5) is 8.25. The topological polar surface area (TPSA) is 66.2 Å². The van der Waals surface area contributed by atoms with Crippen LogP contribution in [0.2, 0.25) is 0 Å². The van der Waals surface area contributed by atoms with Gasteiger partial charge in [-0.1, -0.05) is 206 Å². The van der Waals surface area contributed by atoms with Crippen molar-refractivity contribution in [2.45, 2.75) is 246 Å². The number of hydrogen-bond acceptors (Lipinski definition) is 3. The predicted molar refractivity (Wildman–Crippen MR) is 210 cm³/mol. The van der Waals surface area contributed by atoms with Gasteiger partial charge in [-0.15, -0.1) is 0 Å². The van der Waals surface area contributed by atoms with Crippen LogP contribution < -0.4 is 0 Å². The van der Waals surface area contributed by atoms with Crippen LogP contribution in [0, 0.1) is 15.3 Å². The van der Waals surface area contributed by atoms with Crippen molar-refractivity contribution in [3.8, 4) is 0 Å². The molecule has 0 aromatic heterocycles. The Morgan fingerprint density at radius 3 is 0.617 bits per heavy atom. The van der Waals surface area contributed by atoms with E-state index in [1.165, 1.54) is 249 Å². The summed E-state index contributed by atoms with van der Waals surface area (Å²) in [6.45, 7) is 15.1. The summed E-state index contributed by atoms with van der Waals surface area (Å²) in [6, 6.07) is 0. The second-order valence-electron chi connectivity index (χ2n) is 15.0. The molecule has 0 rings (SSSR count). The molecule has 0 radical (unpaired) electrons. The Bertz CT molecular complexity index is 538. The summed E-state index contributed by atoms with van der Waals surface area (Å²) in [7, 11) is 0. The van der Waals surface area contributed by atoms with Crippen molar-refractivity contribution in [2.75, 3.05) is 26.2 Å². The molecule has 284 valence electrons. The summed E-state index contributed by atoms with van der Waals surface area (Å²) < 4.78 is 1.39. The Hall–Kier alpha value is -0.840. The second kappa shape index (κ2) is 41.3. The molecule has 0 bridgehead atoms. The van der Waals surface area contributed by atoms with Crippen molar-refractivity contribution in [2.24, 2.45) is 0 Å². The zero-order valence-electron chi connectivity index (χ0n) is 33.0. The molecule has 0 atom stereocenters. The van der Waals surface area contributed by atoms with E-state index in [1.807, 2.05) is 0 Å². The first-order chi connectivity index (χ1) is 23.0. The Kier molecular flexibility index (Phi) is 42.5. The van der Waals surface area contributed by atoms with Crippen molar-refractivity contribution >= 4 is 0 Å². The van der Waals surface area contributed by atoms with Gasteiger partial charge in [0.25, 0.3) is 0 Å². The van der Waals surface area contributed by atoms with Gasteiger partial charge in [-0.25, -0.2) is 0 Å². The van der Waals surface area contributed by atoms with Gasteiger partial charge in [0.15, 0.2) is 0 Å². The summed E-state index contributed by atoms with van der Waals surface area (Å²) in [5.74, 6) is 0. The molecule has 5 nitrogen and oxygen atoms in total. The second-order valence-corrected chi connectivity index (χ2v) is 15.0. The van der Waals surface area contributed by atoms with E-state index in [0.717, 1.165) is 0 Å². The first-order valence-electron chi connectivity index (χ1n) is 21.6. The standard InChI is InChI=1S/C42H88N.NO3/c1-5-9-11-13-15-17-19-21-23-25-27-29-31-33-35-37-39-41-43(7-3,8-4)42-40-38-36-34-32-30-28-26-24-22-20-18-16-14-12-10-6-2;2-1(3)4/h5-42H2,1-4H3;/q+1;-1. The van der Waals surface area contributed by atoms with Gasteiger partial charge < -0.3 is 19.8 Å². The molecule has 0 N–H and O–H groups in total. The van der Waals surface area contributed by atoms with E-state index in [-0.39, 0.29) is 0 Å². The number of unbranched alkanes of at least 4 members (excludes halogenated alkanes) is 32. The van der Waals surface area contributed by atoms with E-state index >= 15 is 0 Å². The number of rotatable bonds is 38. The molecule has 0 spiro atoms. The van der Waals surface area contributed by atoms with Crippen LogP contribution in [0.25, 0.3) is 0 Å². The molecular formula is C42H88N2O3. The molecule has 47 heavy (non-hydrogen) atoms. The third kappa shape index (κ3) is 41.2. The van der Waals surface area contributed by atoms with Gasteiger partial charge in [-0.3, -0.25) is 0 Å². The molecule has 0 unspecified atom stereocenters. The fourth-order valence-corrected chi connectivity index (χ4v) is 7.31. The molecule has 0 heterocycles. The molecule has 0 fully saturated rings. The lowest BCUT2D eigenvalue weighted by molar-refractivity contribution is -0.925. The molecule has 0 saturated heterocycles. The molecule has 0 aliphatic rings. The van der Waals surface area contributed by atoms with Crippen LogP contribution in [0.3, 0.4) is 0 Å². The van der Waals surface area contributed by atoms with Gasteiger partial charge in [0, 0.05) is 0 Å². The first-order valence-corrected chi connectivity index (χ1v) is 21.6. The van der Waals surface area contributed by atoms with E-state index in [9.17, 15) is 0 Å². The van der Waals surface area contributed by atoms with Crippen LogP contribution in [-0.2, 0) is 0 Å². The highest BCUT2D eigenvalue weighted by molar-refractivity contribution is 4.53. The monoisotopic (exact) mass is 669 g/mol. The smallest absolute Gasteiger partial charge is 0.0786 e. The average molecular weight is 669 g/mol.